The summed E-state index contributed by atoms with van der Waals surface area (Å²) in [6.45, 7) is 1.41. The van der Waals surface area contributed by atoms with Crippen LogP contribution in [0.25, 0.3) is 0 Å². The van der Waals surface area contributed by atoms with E-state index in [-0.39, 0.29) is 11.9 Å². The van der Waals surface area contributed by atoms with Crippen LogP contribution < -0.4 is 16.0 Å². The maximum Gasteiger partial charge on any atom is 0.416 e. The van der Waals surface area contributed by atoms with E-state index in [0.29, 0.717) is 22.9 Å². The lowest BCUT2D eigenvalue weighted by Crippen LogP contribution is -2.06. The van der Waals surface area contributed by atoms with Gasteiger partial charge < -0.3 is 16.0 Å². The van der Waals surface area contributed by atoms with Gasteiger partial charge in [0.15, 0.2) is 5.82 Å². The first-order valence-corrected chi connectivity index (χ1v) is 8.08. The highest BCUT2D eigenvalue weighted by atomic mass is 19.4. The van der Waals surface area contributed by atoms with Crippen LogP contribution in [0.5, 0.6) is 0 Å². The number of anilines is 5. The summed E-state index contributed by atoms with van der Waals surface area (Å²) in [5.74, 6) is 0.288. The Morgan fingerprint density at radius 2 is 1.68 bits per heavy atom. The number of amides is 1. The summed E-state index contributed by atoms with van der Waals surface area (Å²) in [4.78, 5) is 15.4. The number of hydrogen-bond donors (Lipinski definition) is 3. The monoisotopic (exact) mass is 388 g/mol. The van der Waals surface area contributed by atoms with E-state index in [4.69, 9.17) is 0 Å². The number of aromatic nitrogens is 3. The predicted octanol–water partition coefficient (Wildman–Crippen LogP) is 4.34. The smallest absolute Gasteiger partial charge is 0.339 e. The number of nitrogens with zero attached hydrogens (tertiary/aromatic N) is 3. The van der Waals surface area contributed by atoms with Crippen LogP contribution in [0.3, 0.4) is 0 Å². The van der Waals surface area contributed by atoms with Crippen LogP contribution in [0.2, 0.25) is 0 Å². The summed E-state index contributed by atoms with van der Waals surface area (Å²) < 4.78 is 37.9. The van der Waals surface area contributed by atoms with Gasteiger partial charge in [-0.25, -0.2) is 0 Å². The van der Waals surface area contributed by atoms with Crippen LogP contribution in [0, 0.1) is 0 Å². The van der Waals surface area contributed by atoms with E-state index in [2.05, 4.69) is 31.1 Å². The van der Waals surface area contributed by atoms with Gasteiger partial charge in [0.25, 0.3) is 0 Å². The molecule has 0 saturated carbocycles. The van der Waals surface area contributed by atoms with Crippen molar-refractivity contribution in [3.05, 3.63) is 60.3 Å². The summed E-state index contributed by atoms with van der Waals surface area (Å²) in [6.07, 6.45) is -3.00. The van der Waals surface area contributed by atoms with Crippen LogP contribution in [0.4, 0.5) is 42.0 Å². The Kier molecular flexibility index (Phi) is 5.39. The molecule has 0 atom stereocenters. The highest BCUT2D eigenvalue weighted by Crippen LogP contribution is 2.30. The van der Waals surface area contributed by atoms with Gasteiger partial charge in [-0.2, -0.15) is 23.3 Å². The number of carbonyl (C=O) groups excluding carboxylic acids is 1. The molecule has 0 aliphatic carbocycles. The molecule has 3 N–H and O–H groups in total. The Hall–Kier alpha value is -3.69. The van der Waals surface area contributed by atoms with E-state index < -0.39 is 11.7 Å². The molecule has 0 aliphatic rings. The number of alkyl halides is 3. The van der Waals surface area contributed by atoms with Crippen molar-refractivity contribution >= 4 is 34.7 Å². The summed E-state index contributed by atoms with van der Waals surface area (Å²) in [6, 6.07) is 11.5. The Balaban J connectivity index is 1.71. The van der Waals surface area contributed by atoms with E-state index in [1.54, 1.807) is 24.3 Å². The molecule has 3 rings (SSSR count). The summed E-state index contributed by atoms with van der Waals surface area (Å²) in [7, 11) is 0. The second kappa shape index (κ2) is 7.91. The van der Waals surface area contributed by atoms with Crippen LogP contribution in [0.15, 0.2) is 54.7 Å². The number of hydrogen-bond acceptors (Lipinski definition) is 6. The van der Waals surface area contributed by atoms with Gasteiger partial charge in [0.2, 0.25) is 11.9 Å². The summed E-state index contributed by atoms with van der Waals surface area (Å²) in [5, 5.41) is 16.1. The lowest BCUT2D eigenvalue weighted by Gasteiger charge is -2.10. The molecule has 0 spiro atoms. The van der Waals surface area contributed by atoms with Gasteiger partial charge in [-0.3, -0.25) is 4.79 Å². The third-order valence-electron chi connectivity index (χ3n) is 3.48. The molecule has 1 amide bonds. The number of carbonyl (C=O) groups is 1. The van der Waals surface area contributed by atoms with Crippen LogP contribution >= 0.6 is 0 Å². The molecule has 1 heterocycles. The van der Waals surface area contributed by atoms with Gasteiger partial charge in [-0.1, -0.05) is 6.07 Å². The molecule has 0 aliphatic heterocycles. The average molecular weight is 388 g/mol. The predicted molar refractivity (Wildman–Crippen MR) is 98.6 cm³/mol. The Labute approximate surface area is 158 Å². The number of halogens is 3. The molecule has 28 heavy (non-hydrogen) atoms. The summed E-state index contributed by atoms with van der Waals surface area (Å²) >= 11 is 0. The molecule has 10 heteroatoms. The topological polar surface area (TPSA) is 91.8 Å². The first-order chi connectivity index (χ1) is 13.3. The minimum absolute atomic E-state index is 0.114. The first-order valence-electron chi connectivity index (χ1n) is 8.08. The molecule has 0 unspecified atom stereocenters. The van der Waals surface area contributed by atoms with Gasteiger partial charge in [0.05, 0.1) is 11.8 Å². The zero-order chi connectivity index (χ0) is 20.1. The number of benzene rings is 2. The zero-order valence-electron chi connectivity index (χ0n) is 14.6. The van der Waals surface area contributed by atoms with Gasteiger partial charge in [0, 0.05) is 24.0 Å². The van der Waals surface area contributed by atoms with Crippen molar-refractivity contribution in [1.29, 1.82) is 0 Å². The fraction of sp³-hybridized carbons (Fsp3) is 0.111. The van der Waals surface area contributed by atoms with E-state index >= 15 is 0 Å². The minimum atomic E-state index is -4.40. The van der Waals surface area contributed by atoms with Crippen molar-refractivity contribution in [2.75, 3.05) is 16.0 Å². The molecule has 0 bridgehead atoms. The molecule has 1 aromatic heterocycles. The third-order valence-corrected chi connectivity index (χ3v) is 3.48. The molecule has 144 valence electrons. The SMILES string of the molecule is CC(=O)Nc1cccc(Nc2cnnc(Nc3ccc(C(F)(F)F)cc3)n2)c1. The largest absolute Gasteiger partial charge is 0.416 e. The van der Waals surface area contributed by atoms with E-state index in [9.17, 15) is 18.0 Å². The average Bonchev–Trinajstić information content (AvgIpc) is 2.61. The van der Waals surface area contributed by atoms with Crippen molar-refractivity contribution in [2.24, 2.45) is 0 Å². The molecule has 2 aromatic carbocycles. The van der Waals surface area contributed by atoms with Gasteiger partial charge in [-0.15, -0.1) is 5.10 Å². The van der Waals surface area contributed by atoms with Crippen LogP contribution in [-0.4, -0.2) is 21.1 Å². The molecular formula is C18H15F3N6O. The maximum absolute atomic E-state index is 12.6. The van der Waals surface area contributed by atoms with Crippen molar-refractivity contribution < 1.29 is 18.0 Å². The van der Waals surface area contributed by atoms with E-state index in [0.717, 1.165) is 12.1 Å². The third kappa shape index (κ3) is 5.16. The first kappa shape index (κ1) is 19.1. The van der Waals surface area contributed by atoms with Crippen LogP contribution in [0.1, 0.15) is 12.5 Å². The highest BCUT2D eigenvalue weighted by molar-refractivity contribution is 5.89. The second-order valence-corrected chi connectivity index (χ2v) is 5.75. The Bertz CT molecular complexity index is 976. The highest BCUT2D eigenvalue weighted by Gasteiger charge is 2.29. The normalized spacial score (nSPS) is 11.0. The molecule has 0 saturated heterocycles. The van der Waals surface area contributed by atoms with Crippen molar-refractivity contribution in [1.82, 2.24) is 15.2 Å². The van der Waals surface area contributed by atoms with Crippen molar-refractivity contribution in [3.8, 4) is 0 Å². The lowest BCUT2D eigenvalue weighted by atomic mass is 10.2. The minimum Gasteiger partial charge on any atom is -0.339 e. The standard InChI is InChI=1S/C18H15F3N6O/c1-11(28)23-14-3-2-4-15(9-14)24-16-10-22-27-17(26-16)25-13-7-5-12(6-8-13)18(19,20)21/h2-10H,1H3,(H,23,28)(H2,24,25,26,27). The van der Waals surface area contributed by atoms with Crippen LogP contribution in [-0.2, 0) is 11.0 Å². The van der Waals surface area contributed by atoms with Crippen molar-refractivity contribution in [2.45, 2.75) is 13.1 Å². The van der Waals surface area contributed by atoms with Gasteiger partial charge in [0.1, 0.15) is 0 Å². The van der Waals surface area contributed by atoms with E-state index in [1.807, 2.05) is 0 Å². The lowest BCUT2D eigenvalue weighted by molar-refractivity contribution is -0.137. The Morgan fingerprint density at radius 3 is 2.36 bits per heavy atom. The van der Waals surface area contributed by atoms with Gasteiger partial charge in [-0.05, 0) is 42.5 Å². The van der Waals surface area contributed by atoms with E-state index in [1.165, 1.54) is 25.3 Å². The molecular weight excluding hydrogens is 373 g/mol. The fourth-order valence-electron chi connectivity index (χ4n) is 2.31. The summed E-state index contributed by atoms with van der Waals surface area (Å²) in [5.41, 5.74) is 0.918. The zero-order valence-corrected chi connectivity index (χ0v) is 14.6. The molecule has 7 nitrogen and oxygen atoms in total. The molecule has 3 aromatic rings. The van der Waals surface area contributed by atoms with Crippen molar-refractivity contribution in [3.63, 3.8) is 0 Å². The molecule has 0 radical (unpaired) electrons. The maximum atomic E-state index is 12.6. The number of nitrogens with one attached hydrogen (secondary N) is 3. The Morgan fingerprint density at radius 1 is 0.964 bits per heavy atom. The number of rotatable bonds is 5. The fourth-order valence-corrected chi connectivity index (χ4v) is 2.31. The van der Waals surface area contributed by atoms with Gasteiger partial charge >= 0.3 is 6.18 Å². The quantitative estimate of drug-likeness (QED) is 0.602. The second-order valence-electron chi connectivity index (χ2n) is 5.75. The molecule has 0 fully saturated rings.